The van der Waals surface area contributed by atoms with Crippen LogP contribution in [-0.4, -0.2) is 0 Å². The highest BCUT2D eigenvalue weighted by Crippen LogP contribution is 2.59. The predicted molar refractivity (Wildman–Crippen MR) is 315 cm³/mol. The first kappa shape index (κ1) is 43.7. The zero-order valence-corrected chi connectivity index (χ0v) is 41.7. The fourth-order valence-corrected chi connectivity index (χ4v) is 12.3. The molecule has 0 saturated heterocycles. The summed E-state index contributed by atoms with van der Waals surface area (Å²) in [6.07, 6.45) is 0. The molecule has 4 heteroatoms. The van der Waals surface area contributed by atoms with Gasteiger partial charge in [0.15, 0.2) is 0 Å². The minimum Gasteiger partial charge on any atom is -0.456 e. The first-order valence-electron chi connectivity index (χ1n) is 26.1. The highest BCUT2D eigenvalue weighted by Gasteiger charge is 2.47. The monoisotopic (exact) mass is 972 g/mol. The standard InChI is InChI=1S/C72H48N2O2/c1-47-29-33-52(34-30-47)72(51-18-5-2-6-19-51)65-40-32-48-17-11-12-24-59(48)71(65)64-37-31-49(43-66(64)72)50-41-57(73(53-20-7-3-8-21-53)54-22-9-4-10-23-54)44-58(42-50)74(55-35-38-62-60-25-13-15-27-67(60)75-69(62)45-55)56-36-39-63-61-26-14-16-28-68(61)76-70(63)46-56/h2-46H,1H3. The number of nitrogens with zero attached hydrogens (tertiary/aromatic N) is 2. The van der Waals surface area contributed by atoms with E-state index in [9.17, 15) is 0 Å². The maximum Gasteiger partial charge on any atom is 0.137 e. The van der Waals surface area contributed by atoms with E-state index in [1.165, 1.54) is 49.7 Å². The van der Waals surface area contributed by atoms with E-state index in [2.05, 4.69) is 265 Å². The van der Waals surface area contributed by atoms with Gasteiger partial charge in [-0.05, 0) is 147 Å². The number of fused-ring (bicyclic) bond motifs is 11. The van der Waals surface area contributed by atoms with E-state index in [0.717, 1.165) is 89.1 Å². The molecule has 0 saturated carbocycles. The fourth-order valence-electron chi connectivity index (χ4n) is 12.3. The van der Waals surface area contributed by atoms with Gasteiger partial charge in [0.05, 0.1) is 5.41 Å². The number of para-hydroxylation sites is 4. The van der Waals surface area contributed by atoms with Crippen LogP contribution in [0.15, 0.2) is 282 Å². The Bertz CT molecular complexity index is 4390. The van der Waals surface area contributed by atoms with Gasteiger partial charge in [-0.3, -0.25) is 0 Å². The van der Waals surface area contributed by atoms with Gasteiger partial charge in [-0.1, -0.05) is 181 Å². The Morgan fingerprint density at radius 1 is 0.303 bits per heavy atom. The Morgan fingerprint density at radius 3 is 1.41 bits per heavy atom. The second-order valence-corrected chi connectivity index (χ2v) is 20.1. The molecule has 4 nitrogen and oxygen atoms in total. The normalized spacial score (nSPS) is 13.9. The predicted octanol–water partition coefficient (Wildman–Crippen LogP) is 19.9. The molecular formula is C72H48N2O2. The molecule has 14 aromatic rings. The summed E-state index contributed by atoms with van der Waals surface area (Å²) in [6, 6.07) is 99.3. The number of aryl methyl sites for hydroxylation is 1. The van der Waals surface area contributed by atoms with Crippen LogP contribution in [0.25, 0.3) is 76.9 Å². The van der Waals surface area contributed by atoms with Crippen LogP contribution in [0.5, 0.6) is 0 Å². The van der Waals surface area contributed by atoms with Crippen molar-refractivity contribution in [3.05, 3.63) is 301 Å². The van der Waals surface area contributed by atoms with Crippen molar-refractivity contribution >= 4 is 88.8 Å². The van der Waals surface area contributed by atoms with Crippen molar-refractivity contribution in [3.8, 4) is 22.3 Å². The van der Waals surface area contributed by atoms with Gasteiger partial charge in [0.2, 0.25) is 0 Å². The molecule has 0 radical (unpaired) electrons. The molecule has 0 spiro atoms. The van der Waals surface area contributed by atoms with Crippen LogP contribution in [0.1, 0.15) is 27.8 Å². The molecule has 0 bridgehead atoms. The topological polar surface area (TPSA) is 32.8 Å². The van der Waals surface area contributed by atoms with Gasteiger partial charge in [-0.15, -0.1) is 0 Å². The lowest BCUT2D eigenvalue weighted by atomic mass is 9.67. The molecule has 0 N–H and O–H groups in total. The van der Waals surface area contributed by atoms with Crippen LogP contribution in [0, 0.1) is 6.92 Å². The Labute approximate surface area is 440 Å². The first-order chi connectivity index (χ1) is 37.6. The lowest BCUT2D eigenvalue weighted by Crippen LogP contribution is -2.28. The summed E-state index contributed by atoms with van der Waals surface area (Å²) in [5, 5.41) is 6.81. The van der Waals surface area contributed by atoms with Crippen LogP contribution >= 0.6 is 0 Å². The molecule has 76 heavy (non-hydrogen) atoms. The van der Waals surface area contributed by atoms with Crippen molar-refractivity contribution in [2.75, 3.05) is 9.80 Å². The minimum atomic E-state index is -0.615. The number of benzene rings is 12. The van der Waals surface area contributed by atoms with E-state index in [-0.39, 0.29) is 0 Å². The largest absolute Gasteiger partial charge is 0.456 e. The maximum atomic E-state index is 6.64. The number of anilines is 6. The third-order valence-corrected chi connectivity index (χ3v) is 15.7. The Balaban J connectivity index is 1.02. The van der Waals surface area contributed by atoms with Crippen LogP contribution in [-0.2, 0) is 5.41 Å². The molecule has 2 aromatic heterocycles. The van der Waals surface area contributed by atoms with Crippen LogP contribution in [0.4, 0.5) is 34.1 Å². The second-order valence-electron chi connectivity index (χ2n) is 20.1. The molecule has 0 aliphatic heterocycles. The van der Waals surface area contributed by atoms with E-state index >= 15 is 0 Å². The quantitative estimate of drug-likeness (QED) is 0.144. The zero-order valence-electron chi connectivity index (χ0n) is 41.7. The lowest BCUT2D eigenvalue weighted by Gasteiger charge is -2.34. The Hall–Kier alpha value is -9.90. The highest BCUT2D eigenvalue weighted by molar-refractivity contribution is 6.09. The molecule has 1 unspecified atom stereocenters. The van der Waals surface area contributed by atoms with Gasteiger partial charge in [0, 0.05) is 67.8 Å². The van der Waals surface area contributed by atoms with Crippen molar-refractivity contribution in [1.82, 2.24) is 0 Å². The molecule has 0 amide bonds. The summed E-state index contributed by atoms with van der Waals surface area (Å²) in [5.41, 5.74) is 19.7. The molecular weight excluding hydrogens is 925 g/mol. The van der Waals surface area contributed by atoms with E-state index in [0.29, 0.717) is 0 Å². The van der Waals surface area contributed by atoms with Gasteiger partial charge in [0.1, 0.15) is 22.3 Å². The lowest BCUT2D eigenvalue weighted by molar-refractivity contribution is 0.669. The smallest absolute Gasteiger partial charge is 0.137 e. The highest BCUT2D eigenvalue weighted by atomic mass is 16.3. The molecule has 1 aliphatic carbocycles. The van der Waals surface area contributed by atoms with Crippen LogP contribution in [0.3, 0.4) is 0 Å². The van der Waals surface area contributed by atoms with Gasteiger partial charge in [0.25, 0.3) is 0 Å². The fraction of sp³-hybridized carbons (Fsp3) is 0.0278. The third-order valence-electron chi connectivity index (χ3n) is 15.7. The molecule has 2 heterocycles. The Morgan fingerprint density at radius 2 is 0.803 bits per heavy atom. The van der Waals surface area contributed by atoms with Gasteiger partial charge < -0.3 is 18.6 Å². The summed E-state index contributed by atoms with van der Waals surface area (Å²) >= 11 is 0. The van der Waals surface area contributed by atoms with Crippen LogP contribution < -0.4 is 9.80 Å². The molecule has 1 atom stereocenters. The van der Waals surface area contributed by atoms with Gasteiger partial charge in [-0.2, -0.15) is 0 Å². The Kier molecular flexibility index (Phi) is 9.98. The van der Waals surface area contributed by atoms with Crippen molar-refractivity contribution in [2.24, 2.45) is 0 Å². The number of hydrogen-bond donors (Lipinski definition) is 0. The molecule has 1 aliphatic rings. The average Bonchev–Trinajstić information content (AvgIpc) is 4.24. The van der Waals surface area contributed by atoms with Gasteiger partial charge in [-0.25, -0.2) is 0 Å². The first-order valence-corrected chi connectivity index (χ1v) is 26.1. The average molecular weight is 973 g/mol. The van der Waals surface area contributed by atoms with E-state index in [1.807, 2.05) is 24.3 Å². The maximum absolute atomic E-state index is 6.64. The van der Waals surface area contributed by atoms with E-state index in [1.54, 1.807) is 0 Å². The van der Waals surface area contributed by atoms with E-state index < -0.39 is 5.41 Å². The molecule has 12 aromatic carbocycles. The zero-order chi connectivity index (χ0) is 50.3. The summed E-state index contributed by atoms with van der Waals surface area (Å²) < 4.78 is 13.3. The van der Waals surface area contributed by atoms with E-state index in [4.69, 9.17) is 8.83 Å². The summed E-state index contributed by atoms with van der Waals surface area (Å²) in [7, 11) is 0. The summed E-state index contributed by atoms with van der Waals surface area (Å²) in [5.74, 6) is 0. The van der Waals surface area contributed by atoms with Gasteiger partial charge >= 0.3 is 0 Å². The molecule has 358 valence electrons. The van der Waals surface area contributed by atoms with Crippen molar-refractivity contribution in [3.63, 3.8) is 0 Å². The summed E-state index contributed by atoms with van der Waals surface area (Å²) in [6.45, 7) is 2.17. The number of rotatable bonds is 9. The SMILES string of the molecule is Cc1ccc(C2(c3ccccc3)c3cc(-c4cc(N(c5ccccc5)c5ccccc5)cc(N(c5ccc6c(c5)oc5ccccc56)c5ccc6c(c5)oc5ccccc56)c4)ccc3-c3c2ccc2ccccc32)cc1. The number of furan rings is 2. The summed E-state index contributed by atoms with van der Waals surface area (Å²) in [4.78, 5) is 4.72. The third kappa shape index (κ3) is 6.84. The molecule has 15 rings (SSSR count). The van der Waals surface area contributed by atoms with Crippen molar-refractivity contribution in [2.45, 2.75) is 12.3 Å². The minimum absolute atomic E-state index is 0.615. The second kappa shape index (κ2) is 17.4. The number of hydrogen-bond acceptors (Lipinski definition) is 4. The van der Waals surface area contributed by atoms with Crippen molar-refractivity contribution < 1.29 is 8.83 Å². The molecule has 0 fully saturated rings. The van der Waals surface area contributed by atoms with Crippen molar-refractivity contribution in [1.29, 1.82) is 0 Å². The van der Waals surface area contributed by atoms with Crippen LogP contribution in [0.2, 0.25) is 0 Å².